The molecule has 1 aliphatic heterocycles. The van der Waals surface area contributed by atoms with Crippen LogP contribution >= 0.6 is 35.0 Å². The summed E-state index contributed by atoms with van der Waals surface area (Å²) >= 11 is 13.8. The van der Waals surface area contributed by atoms with E-state index in [1.54, 1.807) is 12.1 Å². The van der Waals surface area contributed by atoms with Crippen molar-refractivity contribution in [2.75, 3.05) is 13.1 Å². The molecule has 5 heteroatoms. The highest BCUT2D eigenvalue weighted by Crippen LogP contribution is 2.37. The van der Waals surface area contributed by atoms with Crippen molar-refractivity contribution < 1.29 is 4.79 Å². The van der Waals surface area contributed by atoms with Crippen LogP contribution in [0, 0.1) is 5.92 Å². The van der Waals surface area contributed by atoms with Gasteiger partial charge in [0.15, 0.2) is 0 Å². The summed E-state index contributed by atoms with van der Waals surface area (Å²) in [5.74, 6) is 0.901. The molecule has 0 aromatic heterocycles. The van der Waals surface area contributed by atoms with E-state index in [1.165, 1.54) is 11.8 Å². The summed E-state index contributed by atoms with van der Waals surface area (Å²) < 4.78 is 0. The van der Waals surface area contributed by atoms with Crippen LogP contribution in [-0.2, 0) is 4.79 Å². The number of thioether (sulfide) groups is 1. The number of carbonyl (C=O) groups is 1. The molecule has 0 saturated carbocycles. The minimum Gasteiger partial charge on any atom is -0.342 e. The molecular weight excluding hydrogens is 313 g/mol. The van der Waals surface area contributed by atoms with E-state index in [0.717, 1.165) is 36.7 Å². The van der Waals surface area contributed by atoms with Crippen molar-refractivity contribution in [2.24, 2.45) is 5.92 Å². The van der Waals surface area contributed by atoms with Crippen molar-refractivity contribution in [1.82, 2.24) is 4.90 Å². The second kappa shape index (κ2) is 7.06. The van der Waals surface area contributed by atoms with Gasteiger partial charge in [-0.05, 0) is 37.8 Å². The van der Waals surface area contributed by atoms with Crippen LogP contribution in [0.25, 0.3) is 0 Å². The molecule has 0 spiro atoms. The fourth-order valence-corrected chi connectivity index (χ4v) is 3.94. The molecule has 0 radical (unpaired) electrons. The lowest BCUT2D eigenvalue weighted by atomic mass is 9.99. The Labute approximate surface area is 134 Å². The zero-order valence-electron chi connectivity index (χ0n) is 11.7. The molecule has 1 fully saturated rings. The lowest BCUT2D eigenvalue weighted by Crippen LogP contribution is -2.41. The Balaban J connectivity index is 2.01. The van der Waals surface area contributed by atoms with E-state index in [1.807, 2.05) is 17.9 Å². The van der Waals surface area contributed by atoms with Crippen LogP contribution < -0.4 is 0 Å². The molecule has 1 aromatic carbocycles. The van der Waals surface area contributed by atoms with Gasteiger partial charge in [-0.25, -0.2) is 0 Å². The zero-order valence-corrected chi connectivity index (χ0v) is 14.1. The number of rotatable bonds is 3. The van der Waals surface area contributed by atoms with Gasteiger partial charge in [-0.15, -0.1) is 11.8 Å². The highest BCUT2D eigenvalue weighted by Gasteiger charge is 2.26. The van der Waals surface area contributed by atoms with Gasteiger partial charge in [-0.2, -0.15) is 0 Å². The predicted octanol–water partition coefficient (Wildman–Crippen LogP) is 4.73. The van der Waals surface area contributed by atoms with Gasteiger partial charge in [-0.3, -0.25) is 4.79 Å². The van der Waals surface area contributed by atoms with Crippen molar-refractivity contribution in [2.45, 2.75) is 36.8 Å². The third-order valence-electron chi connectivity index (χ3n) is 3.66. The van der Waals surface area contributed by atoms with Crippen LogP contribution in [0.15, 0.2) is 23.1 Å². The van der Waals surface area contributed by atoms with Crippen molar-refractivity contribution in [1.29, 1.82) is 0 Å². The van der Waals surface area contributed by atoms with E-state index in [4.69, 9.17) is 23.2 Å². The van der Waals surface area contributed by atoms with Crippen LogP contribution in [0.2, 0.25) is 10.0 Å². The predicted molar refractivity (Wildman–Crippen MR) is 86.8 cm³/mol. The second-order valence-corrected chi connectivity index (χ2v) is 7.48. The molecule has 110 valence electrons. The van der Waals surface area contributed by atoms with Crippen LogP contribution in [-0.4, -0.2) is 29.1 Å². The van der Waals surface area contributed by atoms with Gasteiger partial charge in [0.2, 0.25) is 5.91 Å². The molecule has 1 atom stereocenters. The van der Waals surface area contributed by atoms with E-state index in [-0.39, 0.29) is 11.2 Å². The average molecular weight is 332 g/mol. The number of hydrogen-bond donors (Lipinski definition) is 0. The first-order chi connectivity index (χ1) is 9.49. The van der Waals surface area contributed by atoms with Gasteiger partial charge in [0.05, 0.1) is 15.3 Å². The molecule has 0 bridgehead atoms. The molecule has 1 unspecified atom stereocenters. The Morgan fingerprint density at radius 1 is 1.30 bits per heavy atom. The maximum Gasteiger partial charge on any atom is 0.235 e. The third-order valence-corrected chi connectivity index (χ3v) is 5.74. The fourth-order valence-electron chi connectivity index (χ4n) is 2.31. The molecular formula is C15H19Cl2NOS. The molecule has 1 saturated heterocycles. The van der Waals surface area contributed by atoms with Crippen molar-refractivity contribution >= 4 is 40.9 Å². The summed E-state index contributed by atoms with van der Waals surface area (Å²) in [5.41, 5.74) is 0. The number of benzene rings is 1. The van der Waals surface area contributed by atoms with E-state index in [9.17, 15) is 4.79 Å². The van der Waals surface area contributed by atoms with Crippen LogP contribution in [0.5, 0.6) is 0 Å². The van der Waals surface area contributed by atoms with Crippen molar-refractivity contribution in [3.63, 3.8) is 0 Å². The van der Waals surface area contributed by atoms with Gasteiger partial charge < -0.3 is 4.90 Å². The summed E-state index contributed by atoms with van der Waals surface area (Å²) in [4.78, 5) is 15.2. The minimum absolute atomic E-state index is 0.166. The largest absolute Gasteiger partial charge is 0.342 e. The first-order valence-electron chi connectivity index (χ1n) is 6.88. The maximum absolute atomic E-state index is 12.5. The first kappa shape index (κ1) is 16.0. The SMILES string of the molecule is CC1CCN(C(=O)C(C)Sc2c(Cl)cccc2Cl)CC1. The van der Waals surface area contributed by atoms with Gasteiger partial charge in [-0.1, -0.05) is 36.2 Å². The molecule has 1 aliphatic rings. The standard InChI is InChI=1S/C15H19Cl2NOS/c1-10-6-8-18(9-7-10)15(19)11(2)20-14-12(16)4-3-5-13(14)17/h3-5,10-11H,6-9H2,1-2H3. The number of piperidine rings is 1. The minimum atomic E-state index is -0.166. The Hall–Kier alpha value is -0.380. The number of amides is 1. The van der Waals surface area contributed by atoms with Crippen LogP contribution in [0.1, 0.15) is 26.7 Å². The number of halogens is 2. The Kier molecular flexibility index (Phi) is 5.65. The molecule has 2 nitrogen and oxygen atoms in total. The van der Waals surface area contributed by atoms with E-state index >= 15 is 0 Å². The number of nitrogens with zero attached hydrogens (tertiary/aromatic N) is 1. The molecule has 2 rings (SSSR count). The summed E-state index contributed by atoms with van der Waals surface area (Å²) in [6.45, 7) is 5.89. The molecule has 20 heavy (non-hydrogen) atoms. The van der Waals surface area contributed by atoms with Gasteiger partial charge in [0.1, 0.15) is 0 Å². The van der Waals surface area contributed by atoms with E-state index < -0.39 is 0 Å². The number of hydrogen-bond acceptors (Lipinski definition) is 2. The highest BCUT2D eigenvalue weighted by atomic mass is 35.5. The molecule has 1 aromatic rings. The van der Waals surface area contributed by atoms with Gasteiger partial charge >= 0.3 is 0 Å². The molecule has 0 aliphatic carbocycles. The molecule has 1 heterocycles. The Morgan fingerprint density at radius 3 is 2.40 bits per heavy atom. The van der Waals surface area contributed by atoms with Crippen LogP contribution in [0.4, 0.5) is 0 Å². The van der Waals surface area contributed by atoms with E-state index in [0.29, 0.717) is 10.0 Å². The summed E-state index contributed by atoms with van der Waals surface area (Å²) in [5, 5.41) is 1.05. The fraction of sp³-hybridized carbons (Fsp3) is 0.533. The third kappa shape index (κ3) is 3.84. The Bertz CT molecular complexity index is 467. The first-order valence-corrected chi connectivity index (χ1v) is 8.52. The summed E-state index contributed by atoms with van der Waals surface area (Å²) in [7, 11) is 0. The van der Waals surface area contributed by atoms with Crippen molar-refractivity contribution in [3.05, 3.63) is 28.2 Å². The van der Waals surface area contributed by atoms with Crippen LogP contribution in [0.3, 0.4) is 0 Å². The molecule has 0 N–H and O–H groups in total. The molecule has 1 amide bonds. The van der Waals surface area contributed by atoms with E-state index in [2.05, 4.69) is 6.92 Å². The Morgan fingerprint density at radius 2 is 1.85 bits per heavy atom. The number of carbonyl (C=O) groups excluding carboxylic acids is 1. The zero-order chi connectivity index (χ0) is 14.7. The highest BCUT2D eigenvalue weighted by molar-refractivity contribution is 8.00. The smallest absolute Gasteiger partial charge is 0.235 e. The second-order valence-electron chi connectivity index (χ2n) is 5.32. The summed E-state index contributed by atoms with van der Waals surface area (Å²) in [6, 6.07) is 5.41. The normalized spacial score (nSPS) is 18.1. The average Bonchev–Trinajstić information content (AvgIpc) is 2.43. The topological polar surface area (TPSA) is 20.3 Å². The maximum atomic E-state index is 12.5. The van der Waals surface area contributed by atoms with Gasteiger partial charge in [0, 0.05) is 18.0 Å². The lowest BCUT2D eigenvalue weighted by Gasteiger charge is -2.32. The number of likely N-dealkylation sites (tertiary alicyclic amines) is 1. The lowest BCUT2D eigenvalue weighted by molar-refractivity contribution is -0.131. The van der Waals surface area contributed by atoms with Crippen molar-refractivity contribution in [3.8, 4) is 0 Å². The quantitative estimate of drug-likeness (QED) is 0.746. The monoisotopic (exact) mass is 331 g/mol. The summed E-state index contributed by atoms with van der Waals surface area (Å²) in [6.07, 6.45) is 2.19. The van der Waals surface area contributed by atoms with Gasteiger partial charge in [0.25, 0.3) is 0 Å².